The third kappa shape index (κ3) is 2.42. The summed E-state index contributed by atoms with van der Waals surface area (Å²) in [4.78, 5) is 27.1. The summed E-state index contributed by atoms with van der Waals surface area (Å²) in [6.07, 6.45) is 6.52. The van der Waals surface area contributed by atoms with Gasteiger partial charge in [-0.2, -0.15) is 0 Å². The monoisotopic (exact) mass is 166 g/mol. The van der Waals surface area contributed by atoms with Gasteiger partial charge in [0.25, 0.3) is 0 Å². The smallest absolute Gasteiger partial charge is 0.211 e. The van der Waals surface area contributed by atoms with Crippen molar-refractivity contribution in [2.24, 2.45) is 9.98 Å². The van der Waals surface area contributed by atoms with Crippen LogP contribution in [0.15, 0.2) is 9.98 Å². The number of isocyanates is 2. The van der Waals surface area contributed by atoms with E-state index in [0.717, 1.165) is 19.3 Å². The second-order valence-electron chi connectivity index (χ2n) is 2.92. The van der Waals surface area contributed by atoms with E-state index in [4.69, 9.17) is 0 Å². The molecule has 2 atom stereocenters. The maximum absolute atomic E-state index is 9.94. The van der Waals surface area contributed by atoms with Crippen molar-refractivity contribution < 1.29 is 9.59 Å². The molecule has 0 spiro atoms. The molecule has 0 heterocycles. The van der Waals surface area contributed by atoms with Gasteiger partial charge in [-0.15, -0.1) is 0 Å². The highest BCUT2D eigenvalue weighted by atomic mass is 16.1. The van der Waals surface area contributed by atoms with Crippen molar-refractivity contribution in [1.82, 2.24) is 0 Å². The fourth-order valence-electron chi connectivity index (χ4n) is 1.52. The Morgan fingerprint density at radius 3 is 1.92 bits per heavy atom. The molecule has 1 saturated carbocycles. The van der Waals surface area contributed by atoms with Gasteiger partial charge in [-0.25, -0.2) is 19.6 Å². The van der Waals surface area contributed by atoms with Gasteiger partial charge in [0, 0.05) is 0 Å². The van der Waals surface area contributed by atoms with Crippen molar-refractivity contribution >= 4 is 12.2 Å². The summed E-state index contributed by atoms with van der Waals surface area (Å²) < 4.78 is 0. The van der Waals surface area contributed by atoms with E-state index in [-0.39, 0.29) is 12.1 Å². The molecule has 0 saturated heterocycles. The molecular formula is C8H10N2O2. The summed E-state index contributed by atoms with van der Waals surface area (Å²) in [5, 5.41) is 0. The van der Waals surface area contributed by atoms with Gasteiger partial charge in [-0.1, -0.05) is 0 Å². The predicted molar refractivity (Wildman–Crippen MR) is 42.3 cm³/mol. The summed E-state index contributed by atoms with van der Waals surface area (Å²) in [7, 11) is 0. The van der Waals surface area contributed by atoms with Gasteiger partial charge >= 0.3 is 0 Å². The molecule has 0 aliphatic heterocycles. The molecule has 1 fully saturated rings. The Hall–Kier alpha value is -1.24. The second-order valence-corrected chi connectivity index (χ2v) is 2.92. The van der Waals surface area contributed by atoms with Crippen LogP contribution in [0.3, 0.4) is 0 Å². The molecule has 0 bridgehead atoms. The third-order valence-electron chi connectivity index (χ3n) is 2.09. The first-order valence-corrected chi connectivity index (χ1v) is 4.00. The van der Waals surface area contributed by atoms with Crippen LogP contribution in [0.5, 0.6) is 0 Å². The van der Waals surface area contributed by atoms with Crippen LogP contribution in [0.4, 0.5) is 0 Å². The lowest BCUT2D eigenvalue weighted by Gasteiger charge is -2.21. The third-order valence-corrected chi connectivity index (χ3v) is 2.09. The fourth-order valence-corrected chi connectivity index (χ4v) is 1.52. The minimum Gasteiger partial charge on any atom is -0.211 e. The van der Waals surface area contributed by atoms with Crippen LogP contribution in [-0.2, 0) is 9.59 Å². The maximum atomic E-state index is 9.94. The topological polar surface area (TPSA) is 58.9 Å². The number of hydrogen-bond acceptors (Lipinski definition) is 4. The summed E-state index contributed by atoms with van der Waals surface area (Å²) in [5.41, 5.74) is 0. The highest BCUT2D eigenvalue weighted by molar-refractivity contribution is 5.34. The SMILES string of the molecule is O=C=N[C@H]1CCC[C@H](N=C=O)C1. The molecular weight excluding hydrogens is 156 g/mol. The van der Waals surface area contributed by atoms with Gasteiger partial charge in [0.1, 0.15) is 0 Å². The molecule has 1 aliphatic carbocycles. The molecule has 1 aliphatic rings. The molecule has 0 radical (unpaired) electrons. The van der Waals surface area contributed by atoms with Crippen molar-refractivity contribution in [3.05, 3.63) is 0 Å². The Bertz CT molecular complexity index is 215. The average molecular weight is 166 g/mol. The molecule has 0 aromatic heterocycles. The lowest BCUT2D eigenvalue weighted by molar-refractivity contribution is 0.392. The molecule has 0 amide bonds. The Balaban J connectivity index is 2.50. The zero-order valence-electron chi connectivity index (χ0n) is 6.69. The van der Waals surface area contributed by atoms with Gasteiger partial charge in [0.2, 0.25) is 12.2 Å². The number of rotatable bonds is 2. The van der Waals surface area contributed by atoms with Crippen LogP contribution in [0.25, 0.3) is 0 Å². The van der Waals surface area contributed by atoms with Gasteiger partial charge in [0.05, 0.1) is 12.1 Å². The number of hydrogen-bond donors (Lipinski definition) is 0. The minimum absolute atomic E-state index is 0.0124. The first-order valence-electron chi connectivity index (χ1n) is 4.00. The van der Waals surface area contributed by atoms with Gasteiger partial charge in [0.15, 0.2) is 0 Å². The van der Waals surface area contributed by atoms with Crippen LogP contribution in [0.2, 0.25) is 0 Å². The van der Waals surface area contributed by atoms with Crippen molar-refractivity contribution in [1.29, 1.82) is 0 Å². The van der Waals surface area contributed by atoms with Gasteiger partial charge in [-0.3, -0.25) is 0 Å². The lowest BCUT2D eigenvalue weighted by Crippen LogP contribution is -2.20. The average Bonchev–Trinajstić information content (AvgIpc) is 2.06. The number of aliphatic imine (C=N–C) groups is 2. The van der Waals surface area contributed by atoms with Crippen LogP contribution in [-0.4, -0.2) is 24.2 Å². The normalized spacial score (nSPS) is 28.3. The van der Waals surface area contributed by atoms with Crippen molar-refractivity contribution in [3.63, 3.8) is 0 Å². The Labute approximate surface area is 70.4 Å². The van der Waals surface area contributed by atoms with E-state index in [1.54, 1.807) is 0 Å². The van der Waals surface area contributed by atoms with E-state index in [1.165, 1.54) is 12.2 Å². The van der Waals surface area contributed by atoms with Crippen LogP contribution in [0, 0.1) is 0 Å². The highest BCUT2D eigenvalue weighted by Crippen LogP contribution is 2.22. The van der Waals surface area contributed by atoms with Crippen LogP contribution in [0.1, 0.15) is 25.7 Å². The molecule has 0 unspecified atom stereocenters. The maximum Gasteiger partial charge on any atom is 0.235 e. The largest absolute Gasteiger partial charge is 0.235 e. The molecule has 4 nitrogen and oxygen atoms in total. The Kier molecular flexibility index (Phi) is 3.39. The molecule has 0 aromatic rings. The summed E-state index contributed by atoms with van der Waals surface area (Å²) in [5.74, 6) is 0. The number of nitrogens with zero attached hydrogens (tertiary/aromatic N) is 2. The van der Waals surface area contributed by atoms with Crippen molar-refractivity contribution in [3.8, 4) is 0 Å². The zero-order valence-corrected chi connectivity index (χ0v) is 6.69. The second kappa shape index (κ2) is 4.60. The van der Waals surface area contributed by atoms with E-state index in [1.807, 2.05) is 0 Å². The molecule has 0 N–H and O–H groups in total. The van der Waals surface area contributed by atoms with Crippen molar-refractivity contribution in [2.75, 3.05) is 0 Å². The molecule has 0 aromatic carbocycles. The lowest BCUT2D eigenvalue weighted by atomic mass is 9.92. The van der Waals surface area contributed by atoms with Crippen molar-refractivity contribution in [2.45, 2.75) is 37.8 Å². The van der Waals surface area contributed by atoms with E-state index in [0.29, 0.717) is 6.42 Å². The summed E-state index contributed by atoms with van der Waals surface area (Å²) in [6, 6.07) is 0.0247. The van der Waals surface area contributed by atoms with Crippen LogP contribution < -0.4 is 0 Å². The molecule has 4 heteroatoms. The van der Waals surface area contributed by atoms with E-state index in [2.05, 4.69) is 9.98 Å². The summed E-state index contributed by atoms with van der Waals surface area (Å²) >= 11 is 0. The Morgan fingerprint density at radius 1 is 1.00 bits per heavy atom. The first-order chi connectivity index (χ1) is 5.86. The summed E-state index contributed by atoms with van der Waals surface area (Å²) in [6.45, 7) is 0. The zero-order chi connectivity index (χ0) is 8.81. The first kappa shape index (κ1) is 8.85. The van der Waals surface area contributed by atoms with Gasteiger partial charge < -0.3 is 0 Å². The Morgan fingerprint density at radius 2 is 1.50 bits per heavy atom. The fraction of sp³-hybridized carbons (Fsp3) is 0.750. The standard InChI is InChI=1S/C8H10N2O2/c11-5-9-7-2-1-3-8(4-7)10-6-12/h7-8H,1-4H2/t7-,8-/m0/s1. The number of carbonyl (C=O) groups excluding carboxylic acids is 2. The molecule has 1 rings (SSSR count). The van der Waals surface area contributed by atoms with E-state index in [9.17, 15) is 9.59 Å². The predicted octanol–water partition coefficient (Wildman–Crippen LogP) is 0.969. The van der Waals surface area contributed by atoms with Crippen LogP contribution >= 0.6 is 0 Å². The minimum atomic E-state index is 0.0124. The van der Waals surface area contributed by atoms with E-state index < -0.39 is 0 Å². The molecule has 64 valence electrons. The molecule has 12 heavy (non-hydrogen) atoms. The highest BCUT2D eigenvalue weighted by Gasteiger charge is 2.20. The van der Waals surface area contributed by atoms with E-state index >= 15 is 0 Å². The van der Waals surface area contributed by atoms with Gasteiger partial charge in [-0.05, 0) is 25.7 Å². The quantitative estimate of drug-likeness (QED) is 0.453.